The molecule has 0 bridgehead atoms. The zero-order valence-electron chi connectivity index (χ0n) is 33.0. The minimum absolute atomic E-state index is 0.281. The molecule has 0 radical (unpaired) electrons. The van der Waals surface area contributed by atoms with Crippen LogP contribution in [0.25, 0.3) is 72.2 Å². The highest BCUT2D eigenvalue weighted by Crippen LogP contribution is 2.64. The van der Waals surface area contributed by atoms with E-state index in [0.717, 1.165) is 32.1 Å². The molecule has 0 amide bonds. The van der Waals surface area contributed by atoms with Gasteiger partial charge in [-0.15, -0.1) is 0 Å². The average molecular weight is 754 g/mol. The van der Waals surface area contributed by atoms with Crippen LogP contribution < -0.4 is 0 Å². The van der Waals surface area contributed by atoms with E-state index in [4.69, 9.17) is 0 Å². The summed E-state index contributed by atoms with van der Waals surface area (Å²) in [5.74, 6) is 0.589. The van der Waals surface area contributed by atoms with Crippen LogP contribution >= 0.6 is 0 Å². The molecule has 13 rings (SSSR count). The van der Waals surface area contributed by atoms with E-state index in [9.17, 15) is 0 Å². The summed E-state index contributed by atoms with van der Waals surface area (Å²) in [5.41, 5.74) is 22.3. The Balaban J connectivity index is 1.13. The monoisotopic (exact) mass is 753 g/mol. The van der Waals surface area contributed by atoms with Gasteiger partial charge in [0.05, 0.1) is 6.04 Å². The summed E-state index contributed by atoms with van der Waals surface area (Å²) in [7, 11) is 0. The molecule has 0 spiro atoms. The van der Waals surface area contributed by atoms with Crippen molar-refractivity contribution in [1.82, 2.24) is 4.90 Å². The smallest absolute Gasteiger partial charge is 0.0556 e. The molecule has 59 heavy (non-hydrogen) atoms. The van der Waals surface area contributed by atoms with E-state index < -0.39 is 0 Å². The summed E-state index contributed by atoms with van der Waals surface area (Å²) >= 11 is 0. The first-order chi connectivity index (χ1) is 29.3. The highest BCUT2D eigenvalue weighted by Gasteiger charge is 2.45. The number of fused-ring (bicyclic) bond motifs is 9. The van der Waals surface area contributed by atoms with Crippen LogP contribution in [0.1, 0.15) is 71.4 Å². The van der Waals surface area contributed by atoms with Crippen molar-refractivity contribution >= 4 is 49.9 Å². The van der Waals surface area contributed by atoms with Gasteiger partial charge in [0.2, 0.25) is 0 Å². The van der Waals surface area contributed by atoms with Gasteiger partial charge in [-0.3, -0.25) is 0 Å². The first-order valence-electron chi connectivity index (χ1n) is 21.7. The van der Waals surface area contributed by atoms with Crippen LogP contribution in [0.4, 0.5) is 0 Å². The molecule has 0 saturated heterocycles. The van der Waals surface area contributed by atoms with Crippen molar-refractivity contribution < 1.29 is 0 Å². The fraction of sp³-hybridized carbons (Fsp3) is 0.138. The lowest BCUT2D eigenvalue weighted by Crippen LogP contribution is -2.33. The molecule has 0 N–H and O–H groups in total. The van der Waals surface area contributed by atoms with Gasteiger partial charge >= 0.3 is 0 Å². The average Bonchev–Trinajstić information content (AvgIpc) is 3.80. The number of hydrogen-bond acceptors (Lipinski definition) is 1. The summed E-state index contributed by atoms with van der Waals surface area (Å²) < 4.78 is 0. The van der Waals surface area contributed by atoms with Gasteiger partial charge in [0, 0.05) is 23.2 Å². The summed E-state index contributed by atoms with van der Waals surface area (Å²) in [6.07, 6.45) is 33.9. The number of hydrogen-bond donors (Lipinski definition) is 0. The highest BCUT2D eigenvalue weighted by atomic mass is 15.2. The molecule has 7 aliphatic rings. The summed E-state index contributed by atoms with van der Waals surface area (Å²) in [6, 6.07) is 41.8. The first kappa shape index (κ1) is 33.3. The SMILES string of the molecule is C1=CCC(N(C2=CCCC=C2)C2=CC3=C(CC2)c2cc4c(-c5ccccc5)c5c(c(-c6ccccc6)c4c4cccc3c24)C2=Cc3ccccc3C3C=CC=C5C23)C=C1. The predicted octanol–water partition coefficient (Wildman–Crippen LogP) is 14.9. The van der Waals surface area contributed by atoms with Crippen LogP contribution in [0.15, 0.2) is 187 Å². The van der Waals surface area contributed by atoms with Gasteiger partial charge in [-0.2, -0.15) is 0 Å². The van der Waals surface area contributed by atoms with Crippen LogP contribution in [0, 0.1) is 5.92 Å². The van der Waals surface area contributed by atoms with Crippen molar-refractivity contribution in [2.45, 2.75) is 44.1 Å². The quantitative estimate of drug-likeness (QED) is 0.159. The van der Waals surface area contributed by atoms with Crippen LogP contribution in [0.3, 0.4) is 0 Å². The van der Waals surface area contributed by atoms with Gasteiger partial charge < -0.3 is 4.90 Å². The molecule has 6 aromatic carbocycles. The minimum atomic E-state index is 0.281. The van der Waals surface area contributed by atoms with Crippen molar-refractivity contribution in [3.05, 3.63) is 221 Å². The topological polar surface area (TPSA) is 3.24 Å². The summed E-state index contributed by atoms with van der Waals surface area (Å²) in [6.45, 7) is 0. The molecule has 1 heteroatoms. The van der Waals surface area contributed by atoms with E-state index in [-0.39, 0.29) is 5.92 Å². The molecule has 0 heterocycles. The van der Waals surface area contributed by atoms with E-state index in [1.807, 2.05) is 0 Å². The first-order valence-corrected chi connectivity index (χ1v) is 21.7. The maximum Gasteiger partial charge on any atom is 0.0556 e. The van der Waals surface area contributed by atoms with Gasteiger partial charge in [-0.05, 0) is 150 Å². The fourth-order valence-corrected chi connectivity index (χ4v) is 11.8. The molecule has 7 aliphatic carbocycles. The lowest BCUT2D eigenvalue weighted by Gasteiger charge is -2.37. The van der Waals surface area contributed by atoms with Crippen LogP contribution in [0.5, 0.6) is 0 Å². The second-order valence-corrected chi connectivity index (χ2v) is 17.2. The zero-order valence-corrected chi connectivity index (χ0v) is 33.0. The van der Waals surface area contributed by atoms with E-state index >= 15 is 0 Å². The molecule has 3 atom stereocenters. The number of allylic oxidation sites excluding steroid dienone is 14. The molecule has 0 aromatic heterocycles. The molecule has 6 aromatic rings. The van der Waals surface area contributed by atoms with Gasteiger partial charge in [-0.1, -0.05) is 164 Å². The Kier molecular flexibility index (Phi) is 7.28. The van der Waals surface area contributed by atoms with Crippen molar-refractivity contribution in [3.63, 3.8) is 0 Å². The fourth-order valence-electron chi connectivity index (χ4n) is 11.8. The number of nitrogens with zero attached hydrogens (tertiary/aromatic N) is 1. The molecule has 1 nitrogen and oxygen atoms in total. The molecule has 0 aliphatic heterocycles. The Morgan fingerprint density at radius 3 is 2.20 bits per heavy atom. The maximum absolute atomic E-state index is 2.65. The van der Waals surface area contributed by atoms with Crippen molar-refractivity contribution in [3.8, 4) is 22.3 Å². The molecular formula is C58H43N. The largest absolute Gasteiger partial charge is 0.338 e. The van der Waals surface area contributed by atoms with Crippen molar-refractivity contribution in [2.24, 2.45) is 5.92 Å². The third-order valence-electron chi connectivity index (χ3n) is 14.2. The normalized spacial score (nSPS) is 21.5. The standard InChI is InChI=1S/C58H43N/c1-5-17-36(18-6-1)52-51-35-49-43-32-31-41(59(39-22-9-3-10-23-39)40-24-11-4-12-25-40)34-48(43)45-28-16-29-46(54(45)49)56(51)53(37-19-7-2-8-20-37)58-50-33-38-21-13-14-26-42(38)44-27-15-30-47(55(44)50)57(52)58/h1-3,5-11,13-22,24-30,33-35,39,44,55H,4,12,23,31-32H2. The minimum Gasteiger partial charge on any atom is -0.338 e. The zero-order chi connectivity index (χ0) is 38.6. The third-order valence-corrected chi connectivity index (χ3v) is 14.2. The molecule has 0 fully saturated rings. The Labute approximate surface area is 346 Å². The number of rotatable bonds is 5. The second-order valence-electron chi connectivity index (χ2n) is 17.2. The van der Waals surface area contributed by atoms with E-state index in [2.05, 4.69) is 187 Å². The van der Waals surface area contributed by atoms with Gasteiger partial charge in [0.15, 0.2) is 0 Å². The second kappa shape index (κ2) is 12.9. The highest BCUT2D eigenvalue weighted by molar-refractivity contribution is 6.30. The maximum atomic E-state index is 2.65. The molecule has 0 saturated carbocycles. The lowest BCUT2D eigenvalue weighted by molar-refractivity contribution is 0.357. The molecular weight excluding hydrogens is 711 g/mol. The molecule has 280 valence electrons. The Bertz CT molecular complexity index is 3120. The summed E-state index contributed by atoms with van der Waals surface area (Å²) in [5, 5.41) is 5.52. The van der Waals surface area contributed by atoms with Crippen LogP contribution in [0.2, 0.25) is 0 Å². The number of benzene rings is 6. The third kappa shape index (κ3) is 4.79. The Morgan fingerprint density at radius 1 is 0.576 bits per heavy atom. The lowest BCUT2D eigenvalue weighted by atomic mass is 9.71. The van der Waals surface area contributed by atoms with E-state index in [0.29, 0.717) is 12.0 Å². The Morgan fingerprint density at radius 2 is 1.39 bits per heavy atom. The van der Waals surface area contributed by atoms with Crippen LogP contribution in [-0.2, 0) is 0 Å². The van der Waals surface area contributed by atoms with Gasteiger partial charge in [0.1, 0.15) is 0 Å². The van der Waals surface area contributed by atoms with E-state index in [1.165, 1.54) is 111 Å². The van der Waals surface area contributed by atoms with E-state index in [1.54, 1.807) is 0 Å². The predicted molar refractivity (Wildman–Crippen MR) is 249 cm³/mol. The summed E-state index contributed by atoms with van der Waals surface area (Å²) in [4.78, 5) is 2.65. The Hall–Kier alpha value is -6.70. The molecule has 3 unspecified atom stereocenters. The van der Waals surface area contributed by atoms with Crippen molar-refractivity contribution in [1.29, 1.82) is 0 Å². The van der Waals surface area contributed by atoms with Gasteiger partial charge in [-0.25, -0.2) is 0 Å². The van der Waals surface area contributed by atoms with Crippen LogP contribution in [-0.4, -0.2) is 10.9 Å². The van der Waals surface area contributed by atoms with Gasteiger partial charge in [0.25, 0.3) is 0 Å². The van der Waals surface area contributed by atoms with Crippen molar-refractivity contribution in [2.75, 3.05) is 0 Å².